The van der Waals surface area contributed by atoms with Crippen molar-refractivity contribution in [1.82, 2.24) is 15.1 Å². The summed E-state index contributed by atoms with van der Waals surface area (Å²) in [4.78, 5) is 25.6. The van der Waals surface area contributed by atoms with Crippen LogP contribution in [0.15, 0.2) is 36.4 Å². The molecule has 28 heavy (non-hydrogen) atoms. The molecule has 0 atom stereocenters. The standard InChI is InChI=1S/C21H25N3O3S/c1-14(2)9-10-22-19(25)13-27-21(26)18-11-17-15(3)23-24(20(17)28-18)12-16-7-5-4-6-8-16/h4-8,11,14H,9-10,12-13H2,1-3H3,(H,22,25). The summed E-state index contributed by atoms with van der Waals surface area (Å²) in [5.41, 5.74) is 2.01. The van der Waals surface area contributed by atoms with Gasteiger partial charge in [-0.2, -0.15) is 5.10 Å². The number of aryl methyl sites for hydroxylation is 1. The number of carbonyl (C=O) groups excluding carboxylic acids is 2. The van der Waals surface area contributed by atoms with Gasteiger partial charge in [0, 0.05) is 11.9 Å². The number of hydrogen-bond acceptors (Lipinski definition) is 5. The minimum absolute atomic E-state index is 0.264. The fourth-order valence-corrected chi connectivity index (χ4v) is 3.88. The first-order chi connectivity index (χ1) is 13.4. The molecule has 6 nitrogen and oxygen atoms in total. The van der Waals surface area contributed by atoms with Crippen molar-refractivity contribution in [2.45, 2.75) is 33.7 Å². The number of esters is 1. The summed E-state index contributed by atoms with van der Waals surface area (Å²) in [5.74, 6) is -0.243. The number of amides is 1. The number of fused-ring (bicyclic) bond motifs is 1. The molecule has 3 aromatic rings. The Balaban J connectivity index is 1.64. The number of hydrogen-bond donors (Lipinski definition) is 1. The van der Waals surface area contributed by atoms with Crippen LogP contribution in [0.25, 0.3) is 10.2 Å². The van der Waals surface area contributed by atoms with Gasteiger partial charge in [0.1, 0.15) is 9.71 Å². The topological polar surface area (TPSA) is 73.2 Å². The van der Waals surface area contributed by atoms with Crippen LogP contribution in [0, 0.1) is 12.8 Å². The fourth-order valence-electron chi connectivity index (χ4n) is 2.83. The van der Waals surface area contributed by atoms with Crippen molar-refractivity contribution in [3.8, 4) is 0 Å². The molecule has 7 heteroatoms. The van der Waals surface area contributed by atoms with Crippen LogP contribution in [0.1, 0.15) is 41.2 Å². The Kier molecular flexibility index (Phi) is 6.46. The van der Waals surface area contributed by atoms with E-state index in [1.54, 1.807) is 6.07 Å². The van der Waals surface area contributed by atoms with Crippen LogP contribution in [-0.2, 0) is 16.1 Å². The van der Waals surface area contributed by atoms with Crippen LogP contribution in [0.5, 0.6) is 0 Å². The average Bonchev–Trinajstić information content (AvgIpc) is 3.22. The quantitative estimate of drug-likeness (QED) is 0.585. The van der Waals surface area contributed by atoms with E-state index in [0.717, 1.165) is 27.9 Å². The molecule has 1 aromatic carbocycles. The van der Waals surface area contributed by atoms with Gasteiger partial charge in [-0.1, -0.05) is 44.2 Å². The van der Waals surface area contributed by atoms with Crippen molar-refractivity contribution in [2.24, 2.45) is 5.92 Å². The maximum Gasteiger partial charge on any atom is 0.348 e. The van der Waals surface area contributed by atoms with Gasteiger partial charge >= 0.3 is 5.97 Å². The number of rotatable bonds is 8. The van der Waals surface area contributed by atoms with Crippen LogP contribution >= 0.6 is 11.3 Å². The lowest BCUT2D eigenvalue weighted by molar-refractivity contribution is -0.124. The predicted octanol–water partition coefficient (Wildman–Crippen LogP) is 3.77. The van der Waals surface area contributed by atoms with Crippen molar-refractivity contribution in [3.05, 3.63) is 52.5 Å². The average molecular weight is 400 g/mol. The summed E-state index contributed by atoms with van der Waals surface area (Å²) < 4.78 is 7.08. The van der Waals surface area contributed by atoms with Crippen LogP contribution in [0.4, 0.5) is 0 Å². The Morgan fingerprint density at radius 3 is 2.71 bits per heavy atom. The molecule has 0 saturated carbocycles. The molecule has 1 N–H and O–H groups in total. The third kappa shape index (κ3) is 4.98. The van der Waals surface area contributed by atoms with E-state index in [0.29, 0.717) is 23.9 Å². The number of thiophene rings is 1. The van der Waals surface area contributed by atoms with E-state index in [9.17, 15) is 9.59 Å². The lowest BCUT2D eigenvalue weighted by Crippen LogP contribution is -2.30. The molecule has 2 heterocycles. The molecule has 0 aliphatic carbocycles. The van der Waals surface area contributed by atoms with Gasteiger partial charge in [-0.3, -0.25) is 9.48 Å². The first-order valence-electron chi connectivity index (χ1n) is 9.38. The Morgan fingerprint density at radius 1 is 1.25 bits per heavy atom. The molecule has 0 aliphatic heterocycles. The van der Waals surface area contributed by atoms with E-state index >= 15 is 0 Å². The number of carbonyl (C=O) groups is 2. The normalized spacial score (nSPS) is 11.1. The van der Waals surface area contributed by atoms with Gasteiger partial charge in [-0.25, -0.2) is 4.79 Å². The molecule has 2 aromatic heterocycles. The smallest absolute Gasteiger partial charge is 0.348 e. The Bertz CT molecular complexity index is 960. The molecule has 0 aliphatic rings. The van der Waals surface area contributed by atoms with Gasteiger partial charge in [0.2, 0.25) is 0 Å². The number of aromatic nitrogens is 2. The van der Waals surface area contributed by atoms with Crippen LogP contribution in [0.3, 0.4) is 0 Å². The highest BCUT2D eigenvalue weighted by atomic mass is 32.1. The maximum atomic E-state index is 12.4. The Morgan fingerprint density at radius 2 is 2.00 bits per heavy atom. The van der Waals surface area contributed by atoms with Crippen LogP contribution in [0.2, 0.25) is 0 Å². The molecular formula is C21H25N3O3S. The van der Waals surface area contributed by atoms with Gasteiger partial charge in [0.25, 0.3) is 5.91 Å². The highest BCUT2D eigenvalue weighted by molar-refractivity contribution is 7.20. The van der Waals surface area contributed by atoms with E-state index in [2.05, 4.69) is 24.3 Å². The van der Waals surface area contributed by atoms with Crippen molar-refractivity contribution in [3.63, 3.8) is 0 Å². The summed E-state index contributed by atoms with van der Waals surface area (Å²) in [5, 5.41) is 8.28. The third-order valence-corrected chi connectivity index (χ3v) is 5.49. The first kappa shape index (κ1) is 20.1. The Labute approximate surface area is 168 Å². The van der Waals surface area contributed by atoms with Gasteiger partial charge < -0.3 is 10.1 Å². The molecule has 0 fully saturated rings. The van der Waals surface area contributed by atoms with Crippen molar-refractivity contribution in [2.75, 3.05) is 13.2 Å². The molecule has 0 radical (unpaired) electrons. The van der Waals surface area contributed by atoms with Gasteiger partial charge in [-0.15, -0.1) is 11.3 Å². The maximum absolute atomic E-state index is 12.4. The second kappa shape index (κ2) is 9.01. The number of nitrogens with zero attached hydrogens (tertiary/aromatic N) is 2. The molecule has 1 amide bonds. The molecule has 0 bridgehead atoms. The predicted molar refractivity (Wildman–Crippen MR) is 111 cm³/mol. The first-order valence-corrected chi connectivity index (χ1v) is 10.2. The zero-order valence-electron chi connectivity index (χ0n) is 16.4. The third-order valence-electron chi connectivity index (χ3n) is 4.36. The number of nitrogens with one attached hydrogen (secondary N) is 1. The van der Waals surface area contributed by atoms with E-state index in [-0.39, 0.29) is 12.5 Å². The zero-order valence-corrected chi connectivity index (χ0v) is 17.2. The second-order valence-electron chi connectivity index (χ2n) is 7.17. The monoisotopic (exact) mass is 399 g/mol. The van der Waals surface area contributed by atoms with E-state index in [1.165, 1.54) is 11.3 Å². The molecule has 0 saturated heterocycles. The van der Waals surface area contributed by atoms with Gasteiger partial charge in [0.15, 0.2) is 6.61 Å². The summed E-state index contributed by atoms with van der Waals surface area (Å²) in [6, 6.07) is 11.8. The SMILES string of the molecule is Cc1nn(Cc2ccccc2)c2sc(C(=O)OCC(=O)NCCC(C)C)cc12. The summed E-state index contributed by atoms with van der Waals surface area (Å²) in [6.07, 6.45) is 0.896. The molecule has 0 unspecified atom stereocenters. The van der Waals surface area contributed by atoms with Gasteiger partial charge in [-0.05, 0) is 30.9 Å². The van der Waals surface area contributed by atoms with Crippen molar-refractivity contribution >= 4 is 33.4 Å². The largest absolute Gasteiger partial charge is 0.451 e. The zero-order chi connectivity index (χ0) is 20.1. The Hall–Kier alpha value is -2.67. The van der Waals surface area contributed by atoms with Crippen molar-refractivity contribution in [1.29, 1.82) is 0 Å². The minimum Gasteiger partial charge on any atom is -0.451 e. The molecule has 148 valence electrons. The van der Waals surface area contributed by atoms with E-state index < -0.39 is 5.97 Å². The highest BCUT2D eigenvalue weighted by Crippen LogP contribution is 2.29. The van der Waals surface area contributed by atoms with E-state index in [1.807, 2.05) is 41.9 Å². The molecular weight excluding hydrogens is 374 g/mol. The van der Waals surface area contributed by atoms with E-state index in [4.69, 9.17) is 4.74 Å². The fraction of sp³-hybridized carbons (Fsp3) is 0.381. The lowest BCUT2D eigenvalue weighted by atomic mass is 10.1. The van der Waals surface area contributed by atoms with Crippen LogP contribution in [-0.4, -0.2) is 34.8 Å². The number of ether oxygens (including phenoxy) is 1. The molecule has 3 rings (SSSR count). The molecule has 0 spiro atoms. The summed E-state index contributed by atoms with van der Waals surface area (Å²) in [7, 11) is 0. The second-order valence-corrected chi connectivity index (χ2v) is 8.20. The number of benzene rings is 1. The summed E-state index contributed by atoms with van der Waals surface area (Å²) >= 11 is 1.34. The minimum atomic E-state index is -0.481. The van der Waals surface area contributed by atoms with Gasteiger partial charge in [0.05, 0.1) is 12.2 Å². The van der Waals surface area contributed by atoms with Crippen LogP contribution < -0.4 is 5.32 Å². The summed E-state index contributed by atoms with van der Waals surface area (Å²) in [6.45, 7) is 7.07. The highest BCUT2D eigenvalue weighted by Gasteiger charge is 2.18. The lowest BCUT2D eigenvalue weighted by Gasteiger charge is -2.07. The van der Waals surface area contributed by atoms with Crippen molar-refractivity contribution < 1.29 is 14.3 Å².